The van der Waals surface area contributed by atoms with E-state index in [1.54, 1.807) is 18.6 Å². The van der Waals surface area contributed by atoms with Gasteiger partial charge in [0.15, 0.2) is 0 Å². The van der Waals surface area contributed by atoms with Crippen LogP contribution in [0.1, 0.15) is 0 Å². The number of anilines is 1. The maximum atomic E-state index is 5.66. The molecule has 0 atom stereocenters. The highest BCUT2D eigenvalue weighted by molar-refractivity contribution is 5.71. The Labute approximate surface area is 63.4 Å². The molecule has 4 heteroatoms. The minimum atomic E-state index is 0.742. The number of hydrogen-bond donors (Lipinski definition) is 3. The normalized spacial score (nSPS) is 10.2. The van der Waals surface area contributed by atoms with E-state index in [0.717, 1.165) is 16.9 Å². The number of H-pyrrole nitrogens is 2. The first kappa shape index (κ1) is 6.03. The zero-order valence-electron chi connectivity index (χ0n) is 5.83. The molecule has 0 aliphatic heterocycles. The van der Waals surface area contributed by atoms with Gasteiger partial charge in [-0.05, 0) is 6.07 Å². The predicted molar refractivity (Wildman–Crippen MR) is 42.8 cm³/mol. The summed E-state index contributed by atoms with van der Waals surface area (Å²) in [6.45, 7) is 0. The number of aromatic amines is 2. The molecule has 0 saturated carbocycles. The van der Waals surface area contributed by atoms with Gasteiger partial charge in [-0.3, -0.25) is 5.10 Å². The third-order valence-electron chi connectivity index (χ3n) is 1.57. The number of nitrogens with one attached hydrogen (secondary N) is 2. The van der Waals surface area contributed by atoms with Crippen LogP contribution in [0.5, 0.6) is 0 Å². The van der Waals surface area contributed by atoms with Crippen LogP contribution in [0.15, 0.2) is 24.7 Å². The van der Waals surface area contributed by atoms with Gasteiger partial charge in [0.05, 0.1) is 17.6 Å². The Morgan fingerprint density at radius 2 is 2.36 bits per heavy atom. The number of nitrogens with two attached hydrogens (primary N) is 1. The van der Waals surface area contributed by atoms with Gasteiger partial charge in [0, 0.05) is 18.0 Å². The lowest BCUT2D eigenvalue weighted by Crippen LogP contribution is -1.84. The first-order valence-corrected chi connectivity index (χ1v) is 3.30. The fourth-order valence-electron chi connectivity index (χ4n) is 1.02. The minimum absolute atomic E-state index is 0.742. The second kappa shape index (κ2) is 2.16. The van der Waals surface area contributed by atoms with Crippen molar-refractivity contribution in [1.82, 2.24) is 15.2 Å². The highest BCUT2D eigenvalue weighted by atomic mass is 15.1. The maximum Gasteiger partial charge on any atom is 0.0719 e. The van der Waals surface area contributed by atoms with Crippen molar-refractivity contribution in [3.63, 3.8) is 0 Å². The fraction of sp³-hybridized carbons (Fsp3) is 0. The Morgan fingerprint density at radius 1 is 1.45 bits per heavy atom. The molecule has 2 rings (SSSR count). The molecular formula is C7H8N4. The quantitative estimate of drug-likeness (QED) is 0.564. The molecule has 0 aromatic carbocycles. The number of nitrogens with zero attached hydrogens (tertiary/aromatic N) is 1. The summed E-state index contributed by atoms with van der Waals surface area (Å²) < 4.78 is 0. The van der Waals surface area contributed by atoms with E-state index in [0.29, 0.717) is 0 Å². The van der Waals surface area contributed by atoms with Crippen molar-refractivity contribution in [2.45, 2.75) is 0 Å². The first-order valence-electron chi connectivity index (χ1n) is 3.30. The number of hydrogen-bond acceptors (Lipinski definition) is 2. The van der Waals surface area contributed by atoms with Crippen molar-refractivity contribution >= 4 is 5.69 Å². The highest BCUT2D eigenvalue weighted by Gasteiger charge is 2.02. The van der Waals surface area contributed by atoms with Crippen LogP contribution >= 0.6 is 0 Å². The topological polar surface area (TPSA) is 70.5 Å². The van der Waals surface area contributed by atoms with E-state index in [2.05, 4.69) is 15.2 Å². The molecular weight excluding hydrogens is 140 g/mol. The molecule has 0 unspecified atom stereocenters. The minimum Gasteiger partial charge on any atom is -0.397 e. The van der Waals surface area contributed by atoms with Crippen molar-refractivity contribution in [2.75, 3.05) is 5.73 Å². The first-order chi connectivity index (χ1) is 5.38. The summed E-state index contributed by atoms with van der Waals surface area (Å²) in [4.78, 5) is 3.02. The van der Waals surface area contributed by atoms with Crippen LogP contribution in [0, 0.1) is 0 Å². The Kier molecular flexibility index (Phi) is 1.18. The largest absolute Gasteiger partial charge is 0.397 e. The van der Waals surface area contributed by atoms with Gasteiger partial charge >= 0.3 is 0 Å². The van der Waals surface area contributed by atoms with E-state index >= 15 is 0 Å². The van der Waals surface area contributed by atoms with Gasteiger partial charge in [-0.1, -0.05) is 0 Å². The Balaban J connectivity index is 2.53. The Morgan fingerprint density at radius 3 is 2.91 bits per heavy atom. The molecule has 0 radical (unpaired) electrons. The van der Waals surface area contributed by atoms with E-state index < -0.39 is 0 Å². The number of nitrogen functional groups attached to an aromatic ring is 1. The van der Waals surface area contributed by atoms with E-state index in [1.165, 1.54) is 0 Å². The van der Waals surface area contributed by atoms with Gasteiger partial charge in [0.1, 0.15) is 0 Å². The van der Waals surface area contributed by atoms with E-state index in [9.17, 15) is 0 Å². The van der Waals surface area contributed by atoms with Crippen LogP contribution in [-0.2, 0) is 0 Å². The molecule has 0 amide bonds. The predicted octanol–water partition coefficient (Wildman–Crippen LogP) is 0.987. The molecule has 2 aromatic heterocycles. The monoisotopic (exact) mass is 148 g/mol. The van der Waals surface area contributed by atoms with Crippen LogP contribution in [-0.4, -0.2) is 15.2 Å². The molecule has 2 heterocycles. The average Bonchev–Trinajstić information content (AvgIpc) is 2.55. The van der Waals surface area contributed by atoms with Crippen molar-refractivity contribution < 1.29 is 0 Å². The lowest BCUT2D eigenvalue weighted by atomic mass is 10.2. The molecule has 0 fully saturated rings. The molecule has 0 aliphatic rings. The summed E-state index contributed by atoms with van der Waals surface area (Å²) in [5, 5.41) is 6.54. The molecule has 56 valence electrons. The molecule has 0 bridgehead atoms. The maximum absolute atomic E-state index is 5.66. The second-order valence-electron chi connectivity index (χ2n) is 2.29. The lowest BCUT2D eigenvalue weighted by molar-refractivity contribution is 1.09. The van der Waals surface area contributed by atoms with Crippen LogP contribution in [0.2, 0.25) is 0 Å². The molecule has 11 heavy (non-hydrogen) atoms. The number of rotatable bonds is 1. The van der Waals surface area contributed by atoms with Gasteiger partial charge in [-0.2, -0.15) is 5.10 Å². The van der Waals surface area contributed by atoms with Gasteiger partial charge in [0.25, 0.3) is 0 Å². The van der Waals surface area contributed by atoms with Gasteiger partial charge < -0.3 is 10.7 Å². The lowest BCUT2D eigenvalue weighted by Gasteiger charge is -1.92. The fourth-order valence-corrected chi connectivity index (χ4v) is 1.02. The molecule has 4 N–H and O–H groups in total. The summed E-state index contributed by atoms with van der Waals surface area (Å²) in [6, 6.07) is 1.82. The van der Waals surface area contributed by atoms with E-state index in [4.69, 9.17) is 5.73 Å². The standard InChI is InChI=1S/C7H8N4/c8-6-1-2-9-7(6)5-3-10-11-4-5/h1-4,9H,8H2,(H,10,11). The van der Waals surface area contributed by atoms with Crippen LogP contribution in [0.4, 0.5) is 5.69 Å². The third-order valence-corrected chi connectivity index (χ3v) is 1.57. The van der Waals surface area contributed by atoms with Gasteiger partial charge in [-0.25, -0.2) is 0 Å². The van der Waals surface area contributed by atoms with Crippen LogP contribution in [0.3, 0.4) is 0 Å². The average molecular weight is 148 g/mol. The van der Waals surface area contributed by atoms with Crippen molar-refractivity contribution in [2.24, 2.45) is 0 Å². The summed E-state index contributed by atoms with van der Waals surface area (Å²) in [7, 11) is 0. The molecule has 2 aromatic rings. The van der Waals surface area contributed by atoms with Crippen molar-refractivity contribution in [3.05, 3.63) is 24.7 Å². The summed E-state index contributed by atoms with van der Waals surface area (Å²) in [5.41, 5.74) is 8.30. The Bertz CT molecular complexity index is 333. The highest BCUT2D eigenvalue weighted by Crippen LogP contribution is 2.21. The molecule has 0 aliphatic carbocycles. The van der Waals surface area contributed by atoms with Gasteiger partial charge in [0.2, 0.25) is 0 Å². The second-order valence-corrected chi connectivity index (χ2v) is 2.29. The summed E-state index contributed by atoms with van der Waals surface area (Å²) >= 11 is 0. The molecule has 0 saturated heterocycles. The summed E-state index contributed by atoms with van der Waals surface area (Å²) in [6.07, 6.45) is 5.32. The van der Waals surface area contributed by atoms with E-state index in [1.807, 2.05) is 6.07 Å². The van der Waals surface area contributed by atoms with Crippen LogP contribution < -0.4 is 5.73 Å². The number of aromatic nitrogens is 3. The Hall–Kier alpha value is -1.71. The van der Waals surface area contributed by atoms with E-state index in [-0.39, 0.29) is 0 Å². The van der Waals surface area contributed by atoms with Crippen molar-refractivity contribution in [1.29, 1.82) is 0 Å². The van der Waals surface area contributed by atoms with Crippen molar-refractivity contribution in [3.8, 4) is 11.3 Å². The van der Waals surface area contributed by atoms with Gasteiger partial charge in [-0.15, -0.1) is 0 Å². The smallest absolute Gasteiger partial charge is 0.0719 e. The third kappa shape index (κ3) is 0.881. The van der Waals surface area contributed by atoms with Crippen LogP contribution in [0.25, 0.3) is 11.3 Å². The zero-order valence-corrected chi connectivity index (χ0v) is 5.83. The summed E-state index contributed by atoms with van der Waals surface area (Å²) in [5.74, 6) is 0. The molecule has 0 spiro atoms. The molecule has 4 nitrogen and oxygen atoms in total. The zero-order chi connectivity index (χ0) is 7.68. The SMILES string of the molecule is Nc1cc[nH]c1-c1cn[nH]c1.